The van der Waals surface area contributed by atoms with E-state index in [2.05, 4.69) is 10.4 Å². The second kappa shape index (κ2) is 6.94. The molecular weight excluding hydrogens is 302 g/mol. The van der Waals surface area contributed by atoms with E-state index < -0.39 is 5.60 Å². The van der Waals surface area contributed by atoms with Crippen molar-refractivity contribution in [1.82, 2.24) is 15.1 Å². The predicted octanol–water partition coefficient (Wildman–Crippen LogP) is 2.81. The summed E-state index contributed by atoms with van der Waals surface area (Å²) in [7, 11) is 0. The molecule has 0 fully saturated rings. The highest BCUT2D eigenvalue weighted by Gasteiger charge is 2.23. The third-order valence-corrected chi connectivity index (χ3v) is 4.02. The number of nitrogens with zero attached hydrogens (tertiary/aromatic N) is 2. The van der Waals surface area contributed by atoms with Crippen LogP contribution in [-0.4, -0.2) is 32.9 Å². The van der Waals surface area contributed by atoms with Crippen molar-refractivity contribution in [3.8, 4) is 5.69 Å². The molecule has 1 aromatic carbocycles. The Morgan fingerprint density at radius 3 is 2.73 bits per heavy atom. The van der Waals surface area contributed by atoms with E-state index in [0.29, 0.717) is 23.6 Å². The van der Waals surface area contributed by atoms with Gasteiger partial charge in [0.15, 0.2) is 5.69 Å². The first-order valence-corrected chi connectivity index (χ1v) is 7.67. The van der Waals surface area contributed by atoms with Crippen LogP contribution in [0.2, 0.25) is 5.02 Å². The highest BCUT2D eigenvalue weighted by Crippen LogP contribution is 2.15. The van der Waals surface area contributed by atoms with Crippen LogP contribution in [0.3, 0.4) is 0 Å². The Kier molecular flexibility index (Phi) is 5.21. The summed E-state index contributed by atoms with van der Waals surface area (Å²) in [6.45, 7) is 4.00. The first-order chi connectivity index (χ1) is 10.5. The molecule has 0 atom stereocenters. The first kappa shape index (κ1) is 16.5. The Labute approximate surface area is 134 Å². The van der Waals surface area contributed by atoms with Gasteiger partial charge in [-0.05, 0) is 37.1 Å². The molecule has 5 nitrogen and oxygen atoms in total. The van der Waals surface area contributed by atoms with E-state index in [1.54, 1.807) is 29.1 Å². The van der Waals surface area contributed by atoms with Gasteiger partial charge in [-0.15, -0.1) is 0 Å². The Balaban J connectivity index is 2.06. The number of amides is 1. The Hall–Kier alpha value is -1.85. The molecule has 0 spiro atoms. The number of benzene rings is 1. The molecule has 1 heterocycles. The Bertz CT molecular complexity index is 650. The zero-order valence-electron chi connectivity index (χ0n) is 12.7. The molecule has 2 N–H and O–H groups in total. The van der Waals surface area contributed by atoms with Crippen molar-refractivity contribution in [3.05, 3.63) is 47.2 Å². The molecule has 0 saturated heterocycles. The lowest BCUT2D eigenvalue weighted by Gasteiger charge is -2.25. The molecule has 0 saturated carbocycles. The number of carbonyl (C=O) groups is 1. The Morgan fingerprint density at radius 1 is 1.36 bits per heavy atom. The second-order valence-electron chi connectivity index (χ2n) is 5.24. The van der Waals surface area contributed by atoms with Crippen LogP contribution in [0.25, 0.3) is 5.69 Å². The van der Waals surface area contributed by atoms with Gasteiger partial charge in [0.1, 0.15) is 0 Å². The maximum absolute atomic E-state index is 12.1. The van der Waals surface area contributed by atoms with Crippen molar-refractivity contribution in [3.63, 3.8) is 0 Å². The minimum atomic E-state index is -0.870. The van der Waals surface area contributed by atoms with Crippen LogP contribution >= 0.6 is 11.6 Å². The SMILES string of the molecule is CCC(O)(CC)CNC(=O)c1ccn(-c2cccc(Cl)c2)n1. The van der Waals surface area contributed by atoms with Gasteiger partial charge < -0.3 is 10.4 Å². The van der Waals surface area contributed by atoms with Gasteiger partial charge in [0.25, 0.3) is 5.91 Å². The fourth-order valence-electron chi connectivity index (χ4n) is 2.04. The summed E-state index contributed by atoms with van der Waals surface area (Å²) in [5.41, 5.74) is 0.213. The molecule has 0 bridgehead atoms. The standard InChI is InChI=1S/C16H20ClN3O2/c1-3-16(22,4-2)11-18-15(21)14-8-9-20(19-14)13-7-5-6-12(17)10-13/h5-10,22H,3-4,11H2,1-2H3,(H,18,21). The summed E-state index contributed by atoms with van der Waals surface area (Å²) in [5.74, 6) is -0.305. The average Bonchev–Trinajstić information content (AvgIpc) is 3.02. The lowest BCUT2D eigenvalue weighted by atomic mass is 9.97. The predicted molar refractivity (Wildman–Crippen MR) is 86.4 cm³/mol. The highest BCUT2D eigenvalue weighted by molar-refractivity contribution is 6.30. The number of nitrogens with one attached hydrogen (secondary N) is 1. The van der Waals surface area contributed by atoms with Gasteiger partial charge in [0, 0.05) is 17.8 Å². The number of aromatic nitrogens is 2. The second-order valence-corrected chi connectivity index (χ2v) is 5.68. The molecule has 2 rings (SSSR count). The largest absolute Gasteiger partial charge is 0.388 e. The monoisotopic (exact) mass is 321 g/mol. The van der Waals surface area contributed by atoms with Crippen LogP contribution < -0.4 is 5.32 Å². The summed E-state index contributed by atoms with van der Waals surface area (Å²) in [6.07, 6.45) is 2.87. The molecule has 6 heteroatoms. The molecule has 0 unspecified atom stereocenters. The zero-order chi connectivity index (χ0) is 16.2. The molecule has 118 valence electrons. The van der Waals surface area contributed by atoms with Crippen LogP contribution in [0.1, 0.15) is 37.2 Å². The maximum Gasteiger partial charge on any atom is 0.271 e. The number of aliphatic hydroxyl groups is 1. The zero-order valence-corrected chi connectivity index (χ0v) is 13.5. The third-order valence-electron chi connectivity index (χ3n) is 3.79. The molecule has 0 radical (unpaired) electrons. The lowest BCUT2D eigenvalue weighted by molar-refractivity contribution is 0.0313. The van der Waals surface area contributed by atoms with E-state index in [-0.39, 0.29) is 12.5 Å². The van der Waals surface area contributed by atoms with Crippen molar-refractivity contribution in [2.24, 2.45) is 0 Å². The summed E-state index contributed by atoms with van der Waals surface area (Å²) >= 11 is 5.95. The van der Waals surface area contributed by atoms with Crippen molar-refractivity contribution >= 4 is 17.5 Å². The molecule has 0 aliphatic rings. The van der Waals surface area contributed by atoms with E-state index in [1.807, 2.05) is 26.0 Å². The normalized spacial score (nSPS) is 11.5. The summed E-state index contributed by atoms with van der Waals surface area (Å²) in [4.78, 5) is 12.1. The van der Waals surface area contributed by atoms with Crippen molar-refractivity contribution in [1.29, 1.82) is 0 Å². The van der Waals surface area contributed by atoms with Crippen LogP contribution in [0.15, 0.2) is 36.5 Å². The Morgan fingerprint density at radius 2 is 2.09 bits per heavy atom. The minimum absolute atomic E-state index is 0.211. The van der Waals surface area contributed by atoms with Crippen LogP contribution in [-0.2, 0) is 0 Å². The number of hydrogen-bond donors (Lipinski definition) is 2. The molecular formula is C16H20ClN3O2. The maximum atomic E-state index is 12.1. The van der Waals surface area contributed by atoms with Gasteiger partial charge in [-0.3, -0.25) is 4.79 Å². The molecule has 22 heavy (non-hydrogen) atoms. The van der Waals surface area contributed by atoms with Crippen molar-refractivity contribution < 1.29 is 9.90 Å². The first-order valence-electron chi connectivity index (χ1n) is 7.29. The smallest absolute Gasteiger partial charge is 0.271 e. The van der Waals surface area contributed by atoms with E-state index in [0.717, 1.165) is 5.69 Å². The summed E-state index contributed by atoms with van der Waals surface area (Å²) in [5, 5.41) is 17.8. The average molecular weight is 322 g/mol. The van der Waals surface area contributed by atoms with Crippen molar-refractivity contribution in [2.75, 3.05) is 6.54 Å². The quantitative estimate of drug-likeness (QED) is 0.859. The van der Waals surface area contributed by atoms with Gasteiger partial charge >= 0.3 is 0 Å². The lowest BCUT2D eigenvalue weighted by Crippen LogP contribution is -2.42. The summed E-state index contributed by atoms with van der Waals surface area (Å²) < 4.78 is 1.59. The van der Waals surface area contributed by atoms with Gasteiger partial charge in [-0.1, -0.05) is 31.5 Å². The fraction of sp³-hybridized carbons (Fsp3) is 0.375. The fourth-order valence-corrected chi connectivity index (χ4v) is 2.23. The highest BCUT2D eigenvalue weighted by atomic mass is 35.5. The van der Waals surface area contributed by atoms with Crippen LogP contribution in [0.5, 0.6) is 0 Å². The number of hydrogen-bond acceptors (Lipinski definition) is 3. The van der Waals surface area contributed by atoms with Gasteiger partial charge in [-0.25, -0.2) is 4.68 Å². The third kappa shape index (κ3) is 3.87. The van der Waals surface area contributed by atoms with Gasteiger partial charge in [0.05, 0.1) is 11.3 Å². The number of carbonyl (C=O) groups excluding carboxylic acids is 1. The number of halogens is 1. The summed E-state index contributed by atoms with van der Waals surface area (Å²) in [6, 6.07) is 8.85. The molecule has 0 aliphatic carbocycles. The van der Waals surface area contributed by atoms with E-state index in [1.165, 1.54) is 0 Å². The molecule has 1 amide bonds. The van der Waals surface area contributed by atoms with E-state index in [4.69, 9.17) is 11.6 Å². The van der Waals surface area contributed by atoms with Gasteiger partial charge in [0.2, 0.25) is 0 Å². The number of rotatable bonds is 6. The van der Waals surface area contributed by atoms with Crippen molar-refractivity contribution in [2.45, 2.75) is 32.3 Å². The minimum Gasteiger partial charge on any atom is -0.388 e. The topological polar surface area (TPSA) is 67.2 Å². The molecule has 2 aromatic rings. The van der Waals surface area contributed by atoms with Gasteiger partial charge in [-0.2, -0.15) is 5.10 Å². The van der Waals surface area contributed by atoms with E-state index >= 15 is 0 Å². The molecule has 1 aromatic heterocycles. The molecule has 0 aliphatic heterocycles. The van der Waals surface area contributed by atoms with Crippen LogP contribution in [0, 0.1) is 0 Å². The van der Waals surface area contributed by atoms with Crippen LogP contribution in [0.4, 0.5) is 0 Å². The van der Waals surface area contributed by atoms with E-state index in [9.17, 15) is 9.90 Å².